The molecule has 0 unspecified atom stereocenters. The lowest BCUT2D eigenvalue weighted by molar-refractivity contribution is 0.102. The van der Waals surface area contributed by atoms with Gasteiger partial charge in [-0.05, 0) is 18.6 Å². The van der Waals surface area contributed by atoms with Gasteiger partial charge in [-0.3, -0.25) is 4.79 Å². The van der Waals surface area contributed by atoms with Crippen molar-refractivity contribution in [2.75, 3.05) is 5.32 Å². The molecule has 4 heteroatoms. The van der Waals surface area contributed by atoms with Crippen molar-refractivity contribution < 1.29 is 4.79 Å². The number of benzene rings is 1. The van der Waals surface area contributed by atoms with Gasteiger partial charge in [0.1, 0.15) is 5.69 Å². The molecule has 0 bridgehead atoms. The molecular weight excluding hydrogens is 208 g/mol. The summed E-state index contributed by atoms with van der Waals surface area (Å²) in [5.74, 6) is -0.162. The number of carbonyl (C=O) groups is 1. The molecule has 0 saturated heterocycles. The number of hydrogen-bond acceptors (Lipinski definition) is 3. The van der Waals surface area contributed by atoms with Crippen molar-refractivity contribution in [3.05, 3.63) is 46.4 Å². The monoisotopic (exact) mass is 218 g/mol. The van der Waals surface area contributed by atoms with Crippen LogP contribution in [0.5, 0.6) is 0 Å². The maximum atomic E-state index is 11.7. The topological polar surface area (TPSA) is 42.0 Å². The van der Waals surface area contributed by atoms with Crippen LogP contribution >= 0.6 is 11.3 Å². The van der Waals surface area contributed by atoms with Crippen LogP contribution in [0.3, 0.4) is 0 Å². The minimum Gasteiger partial charge on any atom is -0.320 e. The number of para-hydroxylation sites is 1. The van der Waals surface area contributed by atoms with Gasteiger partial charge in [0.15, 0.2) is 0 Å². The third-order valence-corrected chi connectivity index (χ3v) is 2.64. The van der Waals surface area contributed by atoms with E-state index in [9.17, 15) is 4.79 Å². The summed E-state index contributed by atoms with van der Waals surface area (Å²) in [7, 11) is 0. The summed E-state index contributed by atoms with van der Waals surface area (Å²) in [5.41, 5.74) is 3.98. The molecule has 15 heavy (non-hydrogen) atoms. The first-order valence-electron chi connectivity index (χ1n) is 4.52. The predicted octanol–water partition coefficient (Wildman–Crippen LogP) is 2.70. The molecule has 0 aliphatic heterocycles. The molecule has 2 aromatic rings. The summed E-state index contributed by atoms with van der Waals surface area (Å²) in [5, 5.41) is 4.55. The first-order valence-corrected chi connectivity index (χ1v) is 5.47. The van der Waals surface area contributed by atoms with Crippen molar-refractivity contribution in [1.29, 1.82) is 0 Å². The van der Waals surface area contributed by atoms with E-state index in [-0.39, 0.29) is 5.91 Å². The van der Waals surface area contributed by atoms with Gasteiger partial charge in [0.05, 0.1) is 5.51 Å². The first kappa shape index (κ1) is 9.86. The minimum atomic E-state index is -0.162. The van der Waals surface area contributed by atoms with Gasteiger partial charge in [-0.2, -0.15) is 0 Å². The Bertz CT molecular complexity index is 465. The van der Waals surface area contributed by atoms with Gasteiger partial charge in [-0.15, -0.1) is 11.3 Å². The van der Waals surface area contributed by atoms with E-state index in [1.807, 2.05) is 31.2 Å². The lowest BCUT2D eigenvalue weighted by atomic mass is 10.2. The maximum absolute atomic E-state index is 11.7. The average molecular weight is 218 g/mol. The summed E-state index contributed by atoms with van der Waals surface area (Å²) in [4.78, 5) is 15.6. The van der Waals surface area contributed by atoms with E-state index in [0.717, 1.165) is 11.3 Å². The molecule has 2 rings (SSSR count). The first-order chi connectivity index (χ1) is 7.27. The molecule has 0 fully saturated rings. The Kier molecular flexibility index (Phi) is 2.78. The molecule has 1 heterocycles. The minimum absolute atomic E-state index is 0.162. The third kappa shape index (κ3) is 2.22. The Hall–Kier alpha value is -1.68. The van der Waals surface area contributed by atoms with Crippen LogP contribution in [0.1, 0.15) is 16.1 Å². The van der Waals surface area contributed by atoms with Crippen molar-refractivity contribution in [3.8, 4) is 0 Å². The molecule has 0 radical (unpaired) electrons. The van der Waals surface area contributed by atoms with E-state index in [0.29, 0.717) is 5.69 Å². The molecule has 1 aromatic carbocycles. The zero-order chi connectivity index (χ0) is 10.7. The van der Waals surface area contributed by atoms with Crippen molar-refractivity contribution in [3.63, 3.8) is 0 Å². The Morgan fingerprint density at radius 2 is 2.20 bits per heavy atom. The maximum Gasteiger partial charge on any atom is 0.275 e. The smallest absolute Gasteiger partial charge is 0.275 e. The van der Waals surface area contributed by atoms with Crippen molar-refractivity contribution >= 4 is 22.9 Å². The fraction of sp³-hybridized carbons (Fsp3) is 0.0909. The summed E-state index contributed by atoms with van der Waals surface area (Å²) in [6.45, 7) is 1.96. The second kappa shape index (κ2) is 4.23. The zero-order valence-electron chi connectivity index (χ0n) is 8.23. The summed E-state index contributed by atoms with van der Waals surface area (Å²) in [6.07, 6.45) is 0. The van der Waals surface area contributed by atoms with Crippen LogP contribution in [0.15, 0.2) is 35.2 Å². The molecule has 0 saturated carbocycles. The van der Waals surface area contributed by atoms with Gasteiger partial charge in [0, 0.05) is 11.1 Å². The number of aromatic nitrogens is 1. The van der Waals surface area contributed by atoms with Crippen molar-refractivity contribution in [1.82, 2.24) is 4.98 Å². The molecule has 1 aromatic heterocycles. The fourth-order valence-corrected chi connectivity index (χ4v) is 1.76. The number of aryl methyl sites for hydroxylation is 1. The molecule has 0 spiro atoms. The second-order valence-electron chi connectivity index (χ2n) is 3.14. The lowest BCUT2D eigenvalue weighted by Crippen LogP contribution is -2.12. The Morgan fingerprint density at radius 1 is 1.40 bits per heavy atom. The van der Waals surface area contributed by atoms with E-state index >= 15 is 0 Å². The van der Waals surface area contributed by atoms with Crippen LogP contribution in [0.2, 0.25) is 0 Å². The number of hydrogen-bond donors (Lipinski definition) is 1. The number of nitrogens with one attached hydrogen (secondary N) is 1. The van der Waals surface area contributed by atoms with Crippen LogP contribution < -0.4 is 5.32 Å². The number of amides is 1. The third-order valence-electron chi connectivity index (χ3n) is 2.06. The predicted molar refractivity (Wildman–Crippen MR) is 61.2 cm³/mol. The van der Waals surface area contributed by atoms with Gasteiger partial charge in [-0.1, -0.05) is 18.2 Å². The van der Waals surface area contributed by atoms with Gasteiger partial charge in [0.2, 0.25) is 0 Å². The summed E-state index contributed by atoms with van der Waals surface area (Å²) < 4.78 is 0. The van der Waals surface area contributed by atoms with Crippen LogP contribution in [0.4, 0.5) is 5.69 Å². The molecule has 3 nitrogen and oxygen atoms in total. The highest BCUT2D eigenvalue weighted by Crippen LogP contribution is 2.14. The molecule has 1 N–H and O–H groups in total. The van der Waals surface area contributed by atoms with E-state index in [1.165, 1.54) is 11.3 Å². The largest absolute Gasteiger partial charge is 0.320 e. The molecule has 0 aliphatic carbocycles. The van der Waals surface area contributed by atoms with E-state index < -0.39 is 0 Å². The standard InChI is InChI=1S/C11H10N2OS/c1-8-4-2-3-5-9(8)13-11(14)10-6-15-7-12-10/h2-7H,1H3,(H,13,14). The Balaban J connectivity index is 2.17. The van der Waals surface area contributed by atoms with Crippen molar-refractivity contribution in [2.45, 2.75) is 6.92 Å². The average Bonchev–Trinajstić information content (AvgIpc) is 2.74. The van der Waals surface area contributed by atoms with E-state index in [2.05, 4.69) is 10.3 Å². The van der Waals surface area contributed by atoms with Gasteiger partial charge >= 0.3 is 0 Å². The number of carbonyl (C=O) groups excluding carboxylic acids is 1. The van der Waals surface area contributed by atoms with Crippen LogP contribution in [0, 0.1) is 6.92 Å². The number of anilines is 1. The van der Waals surface area contributed by atoms with E-state index in [4.69, 9.17) is 0 Å². The second-order valence-corrected chi connectivity index (χ2v) is 3.86. The Morgan fingerprint density at radius 3 is 2.87 bits per heavy atom. The fourth-order valence-electron chi connectivity index (χ4n) is 1.22. The highest BCUT2D eigenvalue weighted by molar-refractivity contribution is 7.07. The highest BCUT2D eigenvalue weighted by Gasteiger charge is 2.08. The van der Waals surface area contributed by atoms with Gasteiger partial charge in [0.25, 0.3) is 5.91 Å². The van der Waals surface area contributed by atoms with Gasteiger partial charge in [-0.25, -0.2) is 4.98 Å². The quantitative estimate of drug-likeness (QED) is 0.842. The van der Waals surface area contributed by atoms with Crippen LogP contribution in [-0.4, -0.2) is 10.9 Å². The van der Waals surface area contributed by atoms with Crippen LogP contribution in [-0.2, 0) is 0 Å². The SMILES string of the molecule is Cc1ccccc1NC(=O)c1cscn1. The zero-order valence-corrected chi connectivity index (χ0v) is 9.04. The number of nitrogens with zero attached hydrogens (tertiary/aromatic N) is 1. The van der Waals surface area contributed by atoms with Crippen molar-refractivity contribution in [2.24, 2.45) is 0 Å². The van der Waals surface area contributed by atoms with Gasteiger partial charge < -0.3 is 5.32 Å². The number of rotatable bonds is 2. The highest BCUT2D eigenvalue weighted by atomic mass is 32.1. The van der Waals surface area contributed by atoms with Crippen LogP contribution in [0.25, 0.3) is 0 Å². The Labute approximate surface area is 91.8 Å². The summed E-state index contributed by atoms with van der Waals surface area (Å²) >= 11 is 1.41. The molecule has 0 atom stereocenters. The molecule has 76 valence electrons. The number of thiazole rings is 1. The lowest BCUT2D eigenvalue weighted by Gasteiger charge is -2.05. The molecule has 0 aliphatic rings. The molecule has 1 amide bonds. The molecular formula is C11H10N2OS. The summed E-state index contributed by atoms with van der Waals surface area (Å²) in [6, 6.07) is 7.66. The normalized spacial score (nSPS) is 9.93. The van der Waals surface area contributed by atoms with E-state index in [1.54, 1.807) is 10.9 Å².